The van der Waals surface area contributed by atoms with E-state index < -0.39 is 12.1 Å². The summed E-state index contributed by atoms with van der Waals surface area (Å²) in [6, 6.07) is 0. The highest BCUT2D eigenvalue weighted by Gasteiger charge is 2.19. The highest BCUT2D eigenvalue weighted by atomic mass is 16.6. The third-order valence-corrected chi connectivity index (χ3v) is 7.43. The first-order valence-electron chi connectivity index (χ1n) is 19.3. The van der Waals surface area contributed by atoms with E-state index in [0.29, 0.717) is 6.42 Å². The number of hydrogen-bond acceptors (Lipinski definition) is 6. The molecule has 0 saturated heterocycles. The van der Waals surface area contributed by atoms with E-state index in [1.54, 1.807) is 6.08 Å². The largest absolute Gasteiger partial charge is 0.462 e. The maximum atomic E-state index is 12.6. The molecule has 0 radical (unpaired) electrons. The lowest BCUT2D eigenvalue weighted by molar-refractivity contribution is -0.166. The van der Waals surface area contributed by atoms with Crippen molar-refractivity contribution in [2.24, 2.45) is 0 Å². The average Bonchev–Trinajstić information content (AvgIpc) is 3.11. The summed E-state index contributed by atoms with van der Waals surface area (Å²) < 4.78 is 16.4. The van der Waals surface area contributed by atoms with Crippen molar-refractivity contribution in [1.29, 1.82) is 0 Å². The van der Waals surface area contributed by atoms with Crippen molar-refractivity contribution in [1.82, 2.24) is 0 Å². The molecule has 50 heavy (non-hydrogen) atoms. The molecule has 0 aliphatic heterocycles. The lowest BCUT2D eigenvalue weighted by Gasteiger charge is -2.18. The van der Waals surface area contributed by atoms with Crippen molar-refractivity contribution in [3.05, 3.63) is 97.2 Å². The van der Waals surface area contributed by atoms with Gasteiger partial charge in [0.1, 0.15) is 13.2 Å². The second-order valence-electron chi connectivity index (χ2n) is 12.2. The van der Waals surface area contributed by atoms with Crippen LogP contribution in [0.5, 0.6) is 0 Å². The second-order valence-corrected chi connectivity index (χ2v) is 12.2. The summed E-state index contributed by atoms with van der Waals surface area (Å²) in [7, 11) is 0. The van der Waals surface area contributed by atoms with Crippen molar-refractivity contribution >= 4 is 17.9 Å². The maximum Gasteiger partial charge on any atom is 0.309 e. The van der Waals surface area contributed by atoms with E-state index in [1.807, 2.05) is 42.5 Å². The molecular weight excluding hydrogens is 624 g/mol. The Kier molecular flexibility index (Phi) is 35.3. The molecule has 6 nitrogen and oxygen atoms in total. The SMILES string of the molecule is CC\C=C/C=C\C=C/C=C\CCCCCC(=O)OCC(COC(=O)C/C=C\C/C=C\C/C=C\CC)OC(=O)CCCCCC/C=C\CCCC. The molecule has 0 heterocycles. The Labute approximate surface area is 305 Å². The molecule has 0 aromatic rings. The van der Waals surface area contributed by atoms with E-state index in [1.165, 1.54) is 12.8 Å². The van der Waals surface area contributed by atoms with Crippen LogP contribution in [0, 0.1) is 0 Å². The maximum absolute atomic E-state index is 12.6. The van der Waals surface area contributed by atoms with Gasteiger partial charge in [-0.25, -0.2) is 0 Å². The fourth-order valence-corrected chi connectivity index (χ4v) is 4.55. The number of allylic oxidation sites excluding steroid dienone is 15. The van der Waals surface area contributed by atoms with Gasteiger partial charge in [0.25, 0.3) is 0 Å². The van der Waals surface area contributed by atoms with E-state index in [-0.39, 0.29) is 38.0 Å². The monoisotopic (exact) mass is 693 g/mol. The van der Waals surface area contributed by atoms with E-state index in [4.69, 9.17) is 14.2 Å². The van der Waals surface area contributed by atoms with Gasteiger partial charge in [0, 0.05) is 12.8 Å². The van der Waals surface area contributed by atoms with E-state index in [2.05, 4.69) is 69.4 Å². The minimum atomic E-state index is -0.831. The first kappa shape index (κ1) is 46.3. The van der Waals surface area contributed by atoms with E-state index >= 15 is 0 Å². The highest BCUT2D eigenvalue weighted by molar-refractivity contribution is 5.72. The molecule has 0 spiro atoms. The van der Waals surface area contributed by atoms with Crippen LogP contribution in [0.15, 0.2) is 97.2 Å². The fraction of sp³-hybridized carbons (Fsp3) is 0.568. The van der Waals surface area contributed by atoms with Crippen LogP contribution in [-0.2, 0) is 28.6 Å². The summed E-state index contributed by atoms with van der Waals surface area (Å²) in [5, 5.41) is 0. The zero-order chi connectivity index (χ0) is 36.6. The predicted molar refractivity (Wildman–Crippen MR) is 210 cm³/mol. The Morgan fingerprint density at radius 3 is 1.62 bits per heavy atom. The molecule has 1 atom stereocenters. The van der Waals surface area contributed by atoms with Gasteiger partial charge < -0.3 is 14.2 Å². The number of carbonyl (C=O) groups is 3. The van der Waals surface area contributed by atoms with Crippen LogP contribution < -0.4 is 0 Å². The quantitative estimate of drug-likeness (QED) is 0.0229. The topological polar surface area (TPSA) is 78.9 Å². The van der Waals surface area contributed by atoms with Crippen LogP contribution in [0.4, 0.5) is 0 Å². The van der Waals surface area contributed by atoms with Gasteiger partial charge in [0.2, 0.25) is 0 Å². The summed E-state index contributed by atoms with van der Waals surface area (Å²) in [5.41, 5.74) is 0. The van der Waals surface area contributed by atoms with Gasteiger partial charge in [-0.05, 0) is 70.6 Å². The second kappa shape index (κ2) is 38.1. The molecule has 0 saturated carbocycles. The molecule has 0 amide bonds. The standard InChI is InChI=1S/C44H68O6/c1-4-7-10-13-16-19-21-22-23-26-28-31-34-37-43(46)49-40-41(39-48-42(45)36-33-30-27-24-18-15-12-9-6-3)50-44(47)38-35-32-29-25-20-17-14-11-8-5-2/h7,9-10,12-14,16-19,21-24,30,33,41H,4-6,8,11,15,20,25-29,31-32,34-40H2,1-3H3/b10-7-,12-9-,16-13-,17-14-,21-19-,23-22-,24-18-,33-30-. The minimum Gasteiger partial charge on any atom is -0.462 e. The van der Waals surface area contributed by atoms with Crippen LogP contribution in [0.1, 0.15) is 143 Å². The van der Waals surface area contributed by atoms with Crippen LogP contribution in [-0.4, -0.2) is 37.2 Å². The van der Waals surface area contributed by atoms with Gasteiger partial charge >= 0.3 is 17.9 Å². The first-order chi connectivity index (χ1) is 24.5. The Morgan fingerprint density at radius 1 is 0.460 bits per heavy atom. The average molecular weight is 693 g/mol. The highest BCUT2D eigenvalue weighted by Crippen LogP contribution is 2.10. The Balaban J connectivity index is 4.58. The van der Waals surface area contributed by atoms with Crippen molar-refractivity contribution in [2.75, 3.05) is 13.2 Å². The minimum absolute atomic E-state index is 0.122. The molecule has 0 bridgehead atoms. The smallest absolute Gasteiger partial charge is 0.309 e. The van der Waals surface area contributed by atoms with Gasteiger partial charge in [-0.15, -0.1) is 0 Å². The summed E-state index contributed by atoms with van der Waals surface area (Å²) in [6.45, 7) is 6.13. The van der Waals surface area contributed by atoms with Crippen molar-refractivity contribution in [3.63, 3.8) is 0 Å². The van der Waals surface area contributed by atoms with Crippen molar-refractivity contribution in [2.45, 2.75) is 149 Å². The summed E-state index contributed by atoms with van der Waals surface area (Å²) in [4.78, 5) is 37.3. The molecule has 0 aromatic heterocycles. The van der Waals surface area contributed by atoms with Crippen molar-refractivity contribution in [3.8, 4) is 0 Å². The molecule has 0 fully saturated rings. The lowest BCUT2D eigenvalue weighted by atomic mass is 10.1. The Bertz CT molecular complexity index is 1070. The van der Waals surface area contributed by atoms with Crippen molar-refractivity contribution < 1.29 is 28.6 Å². The van der Waals surface area contributed by atoms with E-state index in [9.17, 15) is 14.4 Å². The number of esters is 3. The van der Waals surface area contributed by atoms with Gasteiger partial charge in [0.05, 0.1) is 6.42 Å². The predicted octanol–water partition coefficient (Wildman–Crippen LogP) is 11.9. The molecular formula is C44H68O6. The number of hydrogen-bond donors (Lipinski definition) is 0. The van der Waals surface area contributed by atoms with Gasteiger partial charge in [-0.3, -0.25) is 14.4 Å². The van der Waals surface area contributed by atoms with E-state index in [0.717, 1.165) is 89.9 Å². The zero-order valence-electron chi connectivity index (χ0n) is 31.6. The van der Waals surface area contributed by atoms with Crippen LogP contribution in [0.25, 0.3) is 0 Å². The van der Waals surface area contributed by atoms with Crippen LogP contribution in [0.2, 0.25) is 0 Å². The van der Waals surface area contributed by atoms with Gasteiger partial charge in [0.15, 0.2) is 6.10 Å². The Hall–Kier alpha value is -3.67. The summed E-state index contributed by atoms with van der Waals surface area (Å²) >= 11 is 0. The third-order valence-electron chi connectivity index (χ3n) is 7.43. The molecule has 1 unspecified atom stereocenters. The summed E-state index contributed by atoms with van der Waals surface area (Å²) in [6.07, 6.45) is 48.6. The third kappa shape index (κ3) is 35.6. The van der Waals surface area contributed by atoms with Gasteiger partial charge in [-0.2, -0.15) is 0 Å². The van der Waals surface area contributed by atoms with Gasteiger partial charge in [-0.1, -0.05) is 150 Å². The molecule has 0 aromatic carbocycles. The lowest BCUT2D eigenvalue weighted by Crippen LogP contribution is -2.30. The molecule has 0 aliphatic carbocycles. The summed E-state index contributed by atoms with van der Waals surface area (Å²) in [5.74, 6) is -1.13. The molecule has 0 aliphatic rings. The number of ether oxygens (including phenoxy) is 3. The zero-order valence-corrected chi connectivity index (χ0v) is 31.6. The normalized spacial score (nSPS) is 13.1. The number of unbranched alkanes of at least 4 members (excludes halogenated alkanes) is 9. The molecule has 280 valence electrons. The number of rotatable bonds is 32. The van der Waals surface area contributed by atoms with Crippen LogP contribution >= 0.6 is 0 Å². The molecule has 0 rings (SSSR count). The Morgan fingerprint density at radius 2 is 0.960 bits per heavy atom. The van der Waals surface area contributed by atoms with Crippen LogP contribution in [0.3, 0.4) is 0 Å². The molecule has 0 N–H and O–H groups in total. The first-order valence-corrected chi connectivity index (χ1v) is 19.3. The molecule has 6 heteroatoms. The fourth-order valence-electron chi connectivity index (χ4n) is 4.55. The number of carbonyl (C=O) groups excluding carboxylic acids is 3.